The van der Waals surface area contributed by atoms with E-state index in [0.717, 1.165) is 11.1 Å². The highest BCUT2D eigenvalue weighted by atomic mass is 35.5. The molecule has 0 saturated heterocycles. The molecule has 0 saturated carbocycles. The molecule has 0 aliphatic heterocycles. The van der Waals surface area contributed by atoms with E-state index in [1.807, 2.05) is 37.3 Å². The van der Waals surface area contributed by atoms with E-state index in [1.165, 1.54) is 0 Å². The Kier molecular flexibility index (Phi) is 5.17. The van der Waals surface area contributed by atoms with E-state index in [0.29, 0.717) is 10.7 Å². The predicted octanol–water partition coefficient (Wildman–Crippen LogP) is 3.46. The molecule has 4 nitrogen and oxygen atoms in total. The lowest BCUT2D eigenvalue weighted by Crippen LogP contribution is -2.37. The van der Waals surface area contributed by atoms with Crippen molar-refractivity contribution in [2.45, 2.75) is 19.9 Å². The second-order valence-corrected chi connectivity index (χ2v) is 5.38. The number of carbonyl (C=O) groups excluding carboxylic acids is 2. The van der Waals surface area contributed by atoms with Gasteiger partial charge in [-0.3, -0.25) is 9.59 Å². The minimum absolute atomic E-state index is 0.250. The van der Waals surface area contributed by atoms with E-state index < -0.39 is 11.8 Å². The Hall–Kier alpha value is -2.33. The van der Waals surface area contributed by atoms with Gasteiger partial charge in [0, 0.05) is 10.7 Å². The van der Waals surface area contributed by atoms with E-state index in [2.05, 4.69) is 10.6 Å². The smallest absolute Gasteiger partial charge is 0.313 e. The standard InChI is InChI=1S/C17H17ClN2O2/c1-11-14(18)9-6-10-15(11)20-17(22)16(21)19-12(2)13-7-4-3-5-8-13/h3-10,12H,1-2H3,(H,19,21)(H,20,22). The normalized spacial score (nSPS) is 11.6. The van der Waals surface area contributed by atoms with Gasteiger partial charge in [-0.25, -0.2) is 0 Å². The van der Waals surface area contributed by atoms with Crippen LogP contribution >= 0.6 is 11.6 Å². The zero-order valence-electron chi connectivity index (χ0n) is 12.4. The van der Waals surface area contributed by atoms with E-state index >= 15 is 0 Å². The molecule has 22 heavy (non-hydrogen) atoms. The maximum absolute atomic E-state index is 12.0. The first-order valence-corrected chi connectivity index (χ1v) is 7.28. The summed E-state index contributed by atoms with van der Waals surface area (Å²) < 4.78 is 0. The second-order valence-electron chi connectivity index (χ2n) is 4.97. The minimum atomic E-state index is -0.715. The maximum atomic E-state index is 12.0. The van der Waals surface area contributed by atoms with Crippen LogP contribution in [-0.2, 0) is 9.59 Å². The minimum Gasteiger partial charge on any atom is -0.341 e. The SMILES string of the molecule is Cc1c(Cl)cccc1NC(=O)C(=O)NC(C)c1ccccc1. The van der Waals surface area contributed by atoms with Gasteiger partial charge in [-0.15, -0.1) is 0 Å². The van der Waals surface area contributed by atoms with Gasteiger partial charge in [-0.05, 0) is 37.1 Å². The summed E-state index contributed by atoms with van der Waals surface area (Å²) in [5.74, 6) is -1.40. The predicted molar refractivity (Wildman–Crippen MR) is 87.8 cm³/mol. The van der Waals surface area contributed by atoms with Crippen LogP contribution in [0.4, 0.5) is 5.69 Å². The van der Waals surface area contributed by atoms with Crippen molar-refractivity contribution in [1.29, 1.82) is 0 Å². The molecule has 0 fully saturated rings. The zero-order valence-corrected chi connectivity index (χ0v) is 13.1. The molecule has 2 aromatic carbocycles. The Morgan fingerprint density at radius 2 is 1.68 bits per heavy atom. The van der Waals surface area contributed by atoms with Crippen molar-refractivity contribution in [3.8, 4) is 0 Å². The van der Waals surface area contributed by atoms with Gasteiger partial charge in [-0.1, -0.05) is 48.0 Å². The van der Waals surface area contributed by atoms with Crippen LogP contribution in [0.5, 0.6) is 0 Å². The van der Waals surface area contributed by atoms with Gasteiger partial charge in [0.15, 0.2) is 0 Å². The third kappa shape index (κ3) is 3.86. The zero-order chi connectivity index (χ0) is 16.1. The summed E-state index contributed by atoms with van der Waals surface area (Å²) in [5.41, 5.74) is 2.18. The molecule has 0 radical (unpaired) electrons. The van der Waals surface area contributed by atoms with E-state index in [4.69, 9.17) is 11.6 Å². The van der Waals surface area contributed by atoms with Crippen molar-refractivity contribution in [1.82, 2.24) is 5.32 Å². The Morgan fingerprint density at radius 1 is 1.00 bits per heavy atom. The lowest BCUT2D eigenvalue weighted by molar-refractivity contribution is -0.136. The molecule has 2 N–H and O–H groups in total. The molecule has 0 aromatic heterocycles. The molecule has 0 bridgehead atoms. The van der Waals surface area contributed by atoms with Crippen LogP contribution in [0.1, 0.15) is 24.1 Å². The number of benzene rings is 2. The number of nitrogens with one attached hydrogen (secondary N) is 2. The molecule has 2 rings (SSSR count). The lowest BCUT2D eigenvalue weighted by Gasteiger charge is -2.14. The Morgan fingerprint density at radius 3 is 2.36 bits per heavy atom. The van der Waals surface area contributed by atoms with E-state index in [9.17, 15) is 9.59 Å². The Balaban J connectivity index is 2.01. The Labute approximate surface area is 134 Å². The van der Waals surface area contributed by atoms with Crippen LogP contribution < -0.4 is 10.6 Å². The Bertz CT molecular complexity index is 686. The van der Waals surface area contributed by atoms with Crippen molar-refractivity contribution < 1.29 is 9.59 Å². The fourth-order valence-corrected chi connectivity index (χ4v) is 2.18. The molecular weight excluding hydrogens is 300 g/mol. The molecule has 2 aromatic rings. The molecular formula is C17H17ClN2O2. The van der Waals surface area contributed by atoms with Crippen molar-refractivity contribution in [3.63, 3.8) is 0 Å². The first-order valence-electron chi connectivity index (χ1n) is 6.91. The first-order chi connectivity index (χ1) is 10.5. The molecule has 0 aliphatic carbocycles. The first kappa shape index (κ1) is 16.0. The fraction of sp³-hybridized carbons (Fsp3) is 0.176. The summed E-state index contributed by atoms with van der Waals surface area (Å²) in [6.45, 7) is 3.60. The molecule has 0 heterocycles. The fourth-order valence-electron chi connectivity index (χ4n) is 2.01. The van der Waals surface area contributed by atoms with Gasteiger partial charge in [0.2, 0.25) is 0 Å². The highest BCUT2D eigenvalue weighted by Crippen LogP contribution is 2.22. The lowest BCUT2D eigenvalue weighted by atomic mass is 10.1. The number of halogens is 1. The number of amides is 2. The van der Waals surface area contributed by atoms with Crippen molar-refractivity contribution in [3.05, 3.63) is 64.7 Å². The second kappa shape index (κ2) is 7.09. The van der Waals surface area contributed by atoms with E-state index in [1.54, 1.807) is 25.1 Å². The summed E-state index contributed by atoms with van der Waals surface area (Å²) in [7, 11) is 0. The third-order valence-corrected chi connectivity index (χ3v) is 3.78. The average Bonchev–Trinajstić information content (AvgIpc) is 2.52. The topological polar surface area (TPSA) is 58.2 Å². The summed E-state index contributed by atoms with van der Waals surface area (Å²) in [5, 5.41) is 5.78. The summed E-state index contributed by atoms with van der Waals surface area (Å²) in [4.78, 5) is 23.9. The number of hydrogen-bond donors (Lipinski definition) is 2. The molecule has 2 amide bonds. The van der Waals surface area contributed by atoms with Gasteiger partial charge in [-0.2, -0.15) is 0 Å². The monoisotopic (exact) mass is 316 g/mol. The molecule has 1 atom stereocenters. The van der Waals surface area contributed by atoms with Crippen LogP contribution in [-0.4, -0.2) is 11.8 Å². The van der Waals surface area contributed by atoms with Crippen LogP contribution in [0, 0.1) is 6.92 Å². The van der Waals surface area contributed by atoms with Gasteiger partial charge < -0.3 is 10.6 Å². The highest BCUT2D eigenvalue weighted by Gasteiger charge is 2.18. The van der Waals surface area contributed by atoms with Crippen LogP contribution in [0.15, 0.2) is 48.5 Å². The summed E-state index contributed by atoms with van der Waals surface area (Å²) >= 11 is 5.99. The largest absolute Gasteiger partial charge is 0.341 e. The van der Waals surface area contributed by atoms with E-state index in [-0.39, 0.29) is 6.04 Å². The molecule has 5 heteroatoms. The summed E-state index contributed by atoms with van der Waals surface area (Å²) in [6.07, 6.45) is 0. The van der Waals surface area contributed by atoms with Crippen LogP contribution in [0.25, 0.3) is 0 Å². The summed E-state index contributed by atoms with van der Waals surface area (Å²) in [6, 6.07) is 14.3. The molecule has 0 spiro atoms. The number of hydrogen-bond acceptors (Lipinski definition) is 2. The van der Waals surface area contributed by atoms with Crippen molar-refractivity contribution in [2.24, 2.45) is 0 Å². The quantitative estimate of drug-likeness (QED) is 0.852. The molecule has 0 aliphatic rings. The number of rotatable bonds is 3. The van der Waals surface area contributed by atoms with Gasteiger partial charge in [0.1, 0.15) is 0 Å². The molecule has 114 valence electrons. The number of anilines is 1. The van der Waals surface area contributed by atoms with Crippen LogP contribution in [0.3, 0.4) is 0 Å². The van der Waals surface area contributed by atoms with Gasteiger partial charge in [0.25, 0.3) is 0 Å². The number of carbonyl (C=O) groups is 2. The third-order valence-electron chi connectivity index (χ3n) is 3.37. The van der Waals surface area contributed by atoms with Crippen LogP contribution in [0.2, 0.25) is 5.02 Å². The average molecular weight is 317 g/mol. The van der Waals surface area contributed by atoms with Crippen molar-refractivity contribution in [2.75, 3.05) is 5.32 Å². The highest BCUT2D eigenvalue weighted by molar-refractivity contribution is 6.40. The van der Waals surface area contributed by atoms with Crippen molar-refractivity contribution >= 4 is 29.1 Å². The maximum Gasteiger partial charge on any atom is 0.313 e. The van der Waals surface area contributed by atoms with Gasteiger partial charge in [0.05, 0.1) is 6.04 Å². The van der Waals surface area contributed by atoms with Gasteiger partial charge >= 0.3 is 11.8 Å². The molecule has 1 unspecified atom stereocenters.